The topological polar surface area (TPSA) is 127 Å². The number of aryl methyl sites for hydroxylation is 1. The number of nitrogens with zero attached hydrogens (tertiary/aromatic N) is 1. The van der Waals surface area contributed by atoms with E-state index in [4.69, 9.17) is 5.11 Å². The number of hydrogen-bond donors (Lipinski definition) is 2. The molecule has 20 heavy (non-hydrogen) atoms. The van der Waals surface area contributed by atoms with Crippen LogP contribution in [0.1, 0.15) is 17.5 Å². The molecule has 110 valence electrons. The van der Waals surface area contributed by atoms with Gasteiger partial charge in [0.2, 0.25) is 10.0 Å². The molecule has 0 heterocycles. The fourth-order valence-corrected chi connectivity index (χ4v) is 3.02. The van der Waals surface area contributed by atoms with Gasteiger partial charge in [-0.25, -0.2) is 13.1 Å². The minimum atomic E-state index is -3.98. The molecule has 0 aromatic heterocycles. The lowest BCUT2D eigenvalue weighted by Gasteiger charge is -2.10. The molecular weight excluding hydrogens is 288 g/mol. The number of carbonyl (C=O) groups is 1. The highest BCUT2D eigenvalue weighted by Crippen LogP contribution is 2.26. The fraction of sp³-hybridized carbons (Fsp3) is 0.364. The second-order valence-corrected chi connectivity index (χ2v) is 5.94. The third kappa shape index (κ3) is 3.75. The first-order valence-electron chi connectivity index (χ1n) is 5.62. The van der Waals surface area contributed by atoms with Crippen molar-refractivity contribution in [3.8, 4) is 0 Å². The maximum atomic E-state index is 12.0. The monoisotopic (exact) mass is 302 g/mol. The van der Waals surface area contributed by atoms with E-state index in [0.29, 0.717) is 5.56 Å². The van der Waals surface area contributed by atoms with Gasteiger partial charge in [0, 0.05) is 18.2 Å². The van der Waals surface area contributed by atoms with E-state index < -0.39 is 20.9 Å². The van der Waals surface area contributed by atoms with Crippen molar-refractivity contribution in [2.24, 2.45) is 0 Å². The van der Waals surface area contributed by atoms with E-state index >= 15 is 0 Å². The second kappa shape index (κ2) is 5.97. The number of nitro groups is 1. The van der Waals surface area contributed by atoms with Gasteiger partial charge in [-0.3, -0.25) is 14.9 Å². The lowest BCUT2D eigenvalue weighted by atomic mass is 10.1. The van der Waals surface area contributed by atoms with E-state index in [1.54, 1.807) is 6.92 Å². The zero-order valence-corrected chi connectivity index (χ0v) is 11.7. The number of hydrogen-bond acceptors (Lipinski definition) is 5. The Morgan fingerprint density at radius 1 is 1.40 bits per heavy atom. The molecule has 0 spiro atoms. The van der Waals surface area contributed by atoms with Crippen LogP contribution in [0.2, 0.25) is 0 Å². The number of rotatable bonds is 6. The van der Waals surface area contributed by atoms with E-state index in [1.165, 1.54) is 19.1 Å². The summed E-state index contributed by atoms with van der Waals surface area (Å²) < 4.78 is 26.2. The highest BCUT2D eigenvalue weighted by Gasteiger charge is 2.23. The van der Waals surface area contributed by atoms with Crippen LogP contribution < -0.4 is 4.72 Å². The van der Waals surface area contributed by atoms with Gasteiger partial charge in [0.1, 0.15) is 0 Å². The SMILES string of the molecule is Cc1cc([N+](=O)[O-])c(C)c(S(=O)(=O)NCCC(=O)O)c1. The first-order chi connectivity index (χ1) is 9.15. The van der Waals surface area contributed by atoms with Gasteiger partial charge in [-0.15, -0.1) is 0 Å². The number of sulfonamides is 1. The predicted octanol–water partition coefficient (Wildman–Crippen LogP) is 0.965. The standard InChI is InChI=1S/C11H14N2O6S/c1-7-5-9(13(16)17)8(2)10(6-7)20(18,19)12-4-3-11(14)15/h5-6,12H,3-4H2,1-2H3,(H,14,15). The summed E-state index contributed by atoms with van der Waals surface area (Å²) in [5.74, 6) is -1.14. The first kappa shape index (κ1) is 16.1. The molecule has 0 fully saturated rings. The Morgan fingerprint density at radius 3 is 2.50 bits per heavy atom. The molecule has 0 aliphatic carbocycles. The molecule has 0 saturated heterocycles. The predicted molar refractivity (Wildman–Crippen MR) is 70.0 cm³/mol. The number of carboxylic acids is 1. The highest BCUT2D eigenvalue weighted by molar-refractivity contribution is 7.89. The lowest BCUT2D eigenvalue weighted by Crippen LogP contribution is -2.27. The van der Waals surface area contributed by atoms with Crippen molar-refractivity contribution in [2.75, 3.05) is 6.54 Å². The molecule has 0 atom stereocenters. The van der Waals surface area contributed by atoms with Crippen LogP contribution in [0.5, 0.6) is 0 Å². The summed E-state index contributed by atoms with van der Waals surface area (Å²) in [5.41, 5.74) is 0.160. The minimum absolute atomic E-state index is 0.0171. The molecule has 0 unspecified atom stereocenters. The normalized spacial score (nSPS) is 11.3. The van der Waals surface area contributed by atoms with Crippen LogP contribution in [0.4, 0.5) is 5.69 Å². The van der Waals surface area contributed by atoms with Gasteiger partial charge in [-0.1, -0.05) is 0 Å². The van der Waals surface area contributed by atoms with Gasteiger partial charge in [-0.2, -0.15) is 0 Å². The largest absolute Gasteiger partial charge is 0.481 e. The summed E-state index contributed by atoms with van der Waals surface area (Å²) in [6.45, 7) is 2.60. The van der Waals surface area contributed by atoms with Gasteiger partial charge < -0.3 is 5.11 Å². The molecule has 0 bridgehead atoms. The van der Waals surface area contributed by atoms with Crippen LogP contribution in [0.15, 0.2) is 17.0 Å². The Labute approximate surface area is 115 Å². The van der Waals surface area contributed by atoms with Crippen molar-refractivity contribution in [2.45, 2.75) is 25.2 Å². The Hall–Kier alpha value is -2.00. The molecule has 1 aromatic carbocycles. The molecule has 0 aliphatic heterocycles. The van der Waals surface area contributed by atoms with Crippen LogP contribution >= 0.6 is 0 Å². The van der Waals surface area contributed by atoms with Crippen molar-refractivity contribution in [1.82, 2.24) is 4.72 Å². The van der Waals surface area contributed by atoms with E-state index in [2.05, 4.69) is 4.72 Å². The molecule has 2 N–H and O–H groups in total. The maximum Gasteiger partial charge on any atom is 0.304 e. The van der Waals surface area contributed by atoms with E-state index in [9.17, 15) is 23.3 Å². The van der Waals surface area contributed by atoms with Crippen LogP contribution in [-0.4, -0.2) is 31.0 Å². The van der Waals surface area contributed by atoms with Gasteiger partial charge in [0.15, 0.2) is 0 Å². The average molecular weight is 302 g/mol. The number of benzene rings is 1. The summed E-state index contributed by atoms with van der Waals surface area (Å²) in [5, 5.41) is 19.3. The lowest BCUT2D eigenvalue weighted by molar-refractivity contribution is -0.385. The number of aliphatic carboxylic acids is 1. The molecule has 9 heteroatoms. The smallest absolute Gasteiger partial charge is 0.304 e. The third-order valence-corrected chi connectivity index (χ3v) is 4.18. The van der Waals surface area contributed by atoms with Crippen LogP contribution in [0.3, 0.4) is 0 Å². The molecule has 0 saturated carbocycles. The summed E-state index contributed by atoms with van der Waals surface area (Å²) in [4.78, 5) is 20.4. The Morgan fingerprint density at radius 2 is 2.00 bits per heavy atom. The van der Waals surface area contributed by atoms with Gasteiger partial charge in [-0.05, 0) is 25.5 Å². The van der Waals surface area contributed by atoms with Crippen molar-refractivity contribution in [3.05, 3.63) is 33.4 Å². The van der Waals surface area contributed by atoms with Crippen LogP contribution in [0, 0.1) is 24.0 Å². The van der Waals surface area contributed by atoms with Gasteiger partial charge in [0.25, 0.3) is 5.69 Å². The van der Waals surface area contributed by atoms with Crippen molar-refractivity contribution in [1.29, 1.82) is 0 Å². The molecule has 1 aromatic rings. The van der Waals surface area contributed by atoms with Crippen molar-refractivity contribution in [3.63, 3.8) is 0 Å². The molecule has 8 nitrogen and oxygen atoms in total. The number of nitrogens with one attached hydrogen (secondary N) is 1. The average Bonchev–Trinajstić information content (AvgIpc) is 2.30. The van der Waals surface area contributed by atoms with Crippen molar-refractivity contribution >= 4 is 21.7 Å². The maximum absolute atomic E-state index is 12.0. The second-order valence-electron chi connectivity index (χ2n) is 4.21. The summed E-state index contributed by atoms with van der Waals surface area (Å²) in [7, 11) is -3.98. The third-order valence-electron chi connectivity index (χ3n) is 2.59. The quantitative estimate of drug-likeness (QED) is 0.595. The zero-order chi connectivity index (χ0) is 15.5. The van der Waals surface area contributed by atoms with E-state index in [1.807, 2.05) is 0 Å². The van der Waals surface area contributed by atoms with E-state index in [-0.39, 0.29) is 29.1 Å². The summed E-state index contributed by atoms with van der Waals surface area (Å²) >= 11 is 0. The van der Waals surface area contributed by atoms with Gasteiger partial charge >= 0.3 is 5.97 Å². The van der Waals surface area contributed by atoms with Crippen LogP contribution in [-0.2, 0) is 14.8 Å². The Kier molecular flexibility index (Phi) is 4.79. The number of carboxylic acid groups (broad SMARTS) is 1. The molecule has 0 aliphatic rings. The van der Waals surface area contributed by atoms with Crippen LogP contribution in [0.25, 0.3) is 0 Å². The minimum Gasteiger partial charge on any atom is -0.481 e. The van der Waals surface area contributed by atoms with Crippen molar-refractivity contribution < 1.29 is 23.2 Å². The highest BCUT2D eigenvalue weighted by atomic mass is 32.2. The molecule has 0 radical (unpaired) electrons. The summed E-state index contributed by atoms with van der Waals surface area (Å²) in [6.07, 6.45) is -0.369. The first-order valence-corrected chi connectivity index (χ1v) is 7.10. The Balaban J connectivity index is 3.18. The number of nitro benzene ring substituents is 1. The van der Waals surface area contributed by atoms with Gasteiger partial charge in [0.05, 0.1) is 16.2 Å². The Bertz CT molecular complexity index is 653. The fourth-order valence-electron chi connectivity index (χ4n) is 1.65. The molecular formula is C11H14N2O6S. The zero-order valence-electron chi connectivity index (χ0n) is 10.9. The van der Waals surface area contributed by atoms with E-state index in [0.717, 1.165) is 0 Å². The summed E-state index contributed by atoms with van der Waals surface area (Å²) in [6, 6.07) is 2.59. The molecule has 1 rings (SSSR count). The molecule has 0 amide bonds.